The van der Waals surface area contributed by atoms with E-state index in [4.69, 9.17) is 20.3 Å². The number of nitrogens with two attached hydrogens (primary N) is 1. The summed E-state index contributed by atoms with van der Waals surface area (Å²) in [4.78, 5) is 22.9. The predicted octanol–water partition coefficient (Wildman–Crippen LogP) is 0.759. The van der Waals surface area contributed by atoms with Crippen LogP contribution in [0.15, 0.2) is 24.3 Å². The Morgan fingerprint density at radius 2 is 1.96 bits per heavy atom. The van der Waals surface area contributed by atoms with Crippen LogP contribution < -0.4 is 15.4 Å². The summed E-state index contributed by atoms with van der Waals surface area (Å²) in [6.07, 6.45) is 0. The summed E-state index contributed by atoms with van der Waals surface area (Å²) in [6, 6.07) is 7.57. The van der Waals surface area contributed by atoms with Crippen molar-refractivity contribution in [3.63, 3.8) is 0 Å². The number of hydrogen-bond acceptors (Lipinski definition) is 7. The van der Waals surface area contributed by atoms with E-state index in [0.717, 1.165) is 11.1 Å². The molecule has 8 nitrogen and oxygen atoms in total. The Morgan fingerprint density at radius 3 is 2.58 bits per heavy atom. The summed E-state index contributed by atoms with van der Waals surface area (Å²) in [5.74, 6) is -0.0644. The third-order valence-electron chi connectivity index (χ3n) is 4.06. The molecule has 2 aromatic rings. The molecular weight excluding hydrogens is 336 g/mol. The van der Waals surface area contributed by atoms with Gasteiger partial charge in [0.15, 0.2) is 0 Å². The lowest BCUT2D eigenvalue weighted by molar-refractivity contribution is 0.0995. The van der Waals surface area contributed by atoms with Gasteiger partial charge in [-0.2, -0.15) is 4.98 Å². The average Bonchev–Trinajstić information content (AvgIpc) is 2.67. The van der Waals surface area contributed by atoms with Crippen molar-refractivity contribution in [2.75, 3.05) is 44.4 Å². The molecule has 1 amide bonds. The summed E-state index contributed by atoms with van der Waals surface area (Å²) in [5.41, 5.74) is 7.94. The Bertz CT molecular complexity index is 774. The highest BCUT2D eigenvalue weighted by Crippen LogP contribution is 2.33. The van der Waals surface area contributed by atoms with Gasteiger partial charge in [0.25, 0.3) is 5.91 Å². The number of rotatable bonds is 6. The summed E-state index contributed by atoms with van der Waals surface area (Å²) in [6.45, 7) is 4.19. The molecule has 3 N–H and O–H groups in total. The Hall–Kier alpha value is -2.71. The van der Waals surface area contributed by atoms with Crippen molar-refractivity contribution in [2.24, 2.45) is 5.73 Å². The van der Waals surface area contributed by atoms with E-state index < -0.39 is 5.91 Å². The number of carbonyl (C=O) groups is 1. The van der Waals surface area contributed by atoms with E-state index in [1.807, 2.05) is 36.1 Å². The molecule has 0 unspecified atom stereocenters. The number of ether oxygens (including phenoxy) is 2. The lowest BCUT2D eigenvalue weighted by Crippen LogP contribution is -2.38. The van der Waals surface area contributed by atoms with Crippen LogP contribution >= 0.6 is 0 Å². The van der Waals surface area contributed by atoms with Gasteiger partial charge in [-0.15, -0.1) is 0 Å². The number of morpholine rings is 1. The Kier molecular flexibility index (Phi) is 5.65. The molecule has 0 atom stereocenters. The van der Waals surface area contributed by atoms with E-state index in [-0.39, 0.29) is 24.8 Å². The van der Waals surface area contributed by atoms with Gasteiger partial charge < -0.3 is 25.2 Å². The van der Waals surface area contributed by atoms with Crippen molar-refractivity contribution in [2.45, 2.75) is 6.92 Å². The largest absolute Gasteiger partial charge is 0.475 e. The van der Waals surface area contributed by atoms with Gasteiger partial charge in [0.05, 0.1) is 25.4 Å². The van der Waals surface area contributed by atoms with Crippen LogP contribution in [0.4, 0.5) is 5.95 Å². The predicted molar refractivity (Wildman–Crippen MR) is 96.3 cm³/mol. The lowest BCUT2D eigenvalue weighted by atomic mass is 10.0. The minimum absolute atomic E-state index is 0.0522. The van der Waals surface area contributed by atoms with Crippen LogP contribution in [0.3, 0.4) is 0 Å². The molecule has 1 fully saturated rings. The molecule has 0 bridgehead atoms. The number of primary amides is 1. The van der Waals surface area contributed by atoms with Gasteiger partial charge >= 0.3 is 0 Å². The molecule has 2 heterocycles. The molecule has 26 heavy (non-hydrogen) atoms. The van der Waals surface area contributed by atoms with Gasteiger partial charge in [0.2, 0.25) is 11.8 Å². The lowest BCUT2D eigenvalue weighted by Gasteiger charge is -2.27. The fourth-order valence-electron chi connectivity index (χ4n) is 2.74. The molecule has 1 aromatic heterocycles. The van der Waals surface area contributed by atoms with Crippen LogP contribution in [-0.2, 0) is 4.74 Å². The van der Waals surface area contributed by atoms with Crippen LogP contribution in [0.1, 0.15) is 16.1 Å². The highest BCUT2D eigenvalue weighted by atomic mass is 16.5. The minimum atomic E-state index is -0.661. The number of benzene rings is 1. The molecule has 0 saturated carbocycles. The molecular formula is C18H22N4O4. The van der Waals surface area contributed by atoms with Gasteiger partial charge in [-0.05, 0) is 12.5 Å². The molecule has 3 rings (SSSR count). The SMILES string of the molecule is Cc1ccc(-c2c(OCCO)nc(N3CCOCC3)nc2C(N)=O)cc1. The maximum absolute atomic E-state index is 12.1. The first kappa shape index (κ1) is 18.1. The van der Waals surface area contributed by atoms with E-state index in [2.05, 4.69) is 9.97 Å². The zero-order valence-electron chi connectivity index (χ0n) is 14.6. The van der Waals surface area contributed by atoms with Crippen molar-refractivity contribution >= 4 is 11.9 Å². The van der Waals surface area contributed by atoms with E-state index in [1.54, 1.807) is 0 Å². The van der Waals surface area contributed by atoms with Gasteiger partial charge in [-0.1, -0.05) is 29.8 Å². The van der Waals surface area contributed by atoms with Gasteiger partial charge in [0.1, 0.15) is 12.3 Å². The molecule has 1 saturated heterocycles. The number of aromatic nitrogens is 2. The summed E-state index contributed by atoms with van der Waals surface area (Å²) >= 11 is 0. The molecule has 138 valence electrons. The Labute approximate surface area is 151 Å². The van der Waals surface area contributed by atoms with Crippen molar-refractivity contribution in [1.29, 1.82) is 0 Å². The van der Waals surface area contributed by atoms with Gasteiger partial charge in [-0.3, -0.25) is 4.79 Å². The van der Waals surface area contributed by atoms with E-state index in [0.29, 0.717) is 37.8 Å². The van der Waals surface area contributed by atoms with E-state index >= 15 is 0 Å². The first-order valence-electron chi connectivity index (χ1n) is 8.45. The van der Waals surface area contributed by atoms with Gasteiger partial charge in [-0.25, -0.2) is 4.98 Å². The molecule has 0 aliphatic carbocycles. The number of aryl methyl sites for hydroxylation is 1. The van der Waals surface area contributed by atoms with Crippen molar-refractivity contribution in [3.05, 3.63) is 35.5 Å². The maximum Gasteiger partial charge on any atom is 0.268 e. The van der Waals surface area contributed by atoms with Crippen LogP contribution in [0.25, 0.3) is 11.1 Å². The number of nitrogens with zero attached hydrogens (tertiary/aromatic N) is 3. The van der Waals surface area contributed by atoms with Crippen molar-refractivity contribution in [1.82, 2.24) is 9.97 Å². The summed E-state index contributed by atoms with van der Waals surface area (Å²) in [5, 5.41) is 9.13. The number of anilines is 1. The molecule has 1 aliphatic heterocycles. The fraction of sp³-hybridized carbons (Fsp3) is 0.389. The molecule has 0 spiro atoms. The molecule has 8 heteroatoms. The number of aliphatic hydroxyl groups is 1. The Balaban J connectivity index is 2.12. The summed E-state index contributed by atoms with van der Waals surface area (Å²) in [7, 11) is 0. The molecule has 1 aliphatic rings. The van der Waals surface area contributed by atoms with E-state index in [1.165, 1.54) is 0 Å². The smallest absolute Gasteiger partial charge is 0.268 e. The average molecular weight is 358 g/mol. The van der Waals surface area contributed by atoms with E-state index in [9.17, 15) is 4.79 Å². The second kappa shape index (κ2) is 8.11. The first-order chi connectivity index (χ1) is 12.6. The quantitative estimate of drug-likeness (QED) is 0.784. The Morgan fingerprint density at radius 1 is 1.27 bits per heavy atom. The number of hydrogen-bond donors (Lipinski definition) is 2. The normalized spacial score (nSPS) is 14.3. The number of carbonyl (C=O) groups excluding carboxylic acids is 1. The van der Waals surface area contributed by atoms with Crippen molar-refractivity contribution in [3.8, 4) is 17.0 Å². The topological polar surface area (TPSA) is 111 Å². The third kappa shape index (κ3) is 3.92. The van der Waals surface area contributed by atoms with Crippen LogP contribution in [0.2, 0.25) is 0 Å². The first-order valence-corrected chi connectivity index (χ1v) is 8.45. The summed E-state index contributed by atoms with van der Waals surface area (Å²) < 4.78 is 11.0. The van der Waals surface area contributed by atoms with Crippen LogP contribution in [-0.4, -0.2) is 60.5 Å². The monoisotopic (exact) mass is 358 g/mol. The molecule has 0 radical (unpaired) electrons. The third-order valence-corrected chi connectivity index (χ3v) is 4.06. The van der Waals surface area contributed by atoms with Crippen molar-refractivity contribution < 1.29 is 19.4 Å². The fourth-order valence-corrected chi connectivity index (χ4v) is 2.74. The number of amides is 1. The second-order valence-electron chi connectivity index (χ2n) is 5.95. The molecule has 1 aromatic carbocycles. The maximum atomic E-state index is 12.1. The minimum Gasteiger partial charge on any atom is -0.475 e. The van der Waals surface area contributed by atoms with Crippen LogP contribution in [0.5, 0.6) is 5.88 Å². The second-order valence-corrected chi connectivity index (χ2v) is 5.95. The van der Waals surface area contributed by atoms with Crippen LogP contribution in [0, 0.1) is 6.92 Å². The van der Waals surface area contributed by atoms with Gasteiger partial charge in [0, 0.05) is 13.1 Å². The zero-order chi connectivity index (χ0) is 18.5. The highest BCUT2D eigenvalue weighted by Gasteiger charge is 2.24. The zero-order valence-corrected chi connectivity index (χ0v) is 14.6. The standard InChI is InChI=1S/C18H22N4O4/c1-12-2-4-13(5-3-12)14-15(16(19)24)20-18(21-17(14)26-11-8-23)22-6-9-25-10-7-22/h2-5,23H,6-11H2,1H3,(H2,19,24). The number of aliphatic hydroxyl groups excluding tert-OH is 1. The highest BCUT2D eigenvalue weighted by molar-refractivity contribution is 5.99.